The van der Waals surface area contributed by atoms with Crippen LogP contribution in [0.15, 0.2) is 18.2 Å². The summed E-state index contributed by atoms with van der Waals surface area (Å²) < 4.78 is 7.11. The number of thiazole rings is 1. The molecule has 1 N–H and O–H groups in total. The van der Waals surface area contributed by atoms with Crippen molar-refractivity contribution in [1.29, 1.82) is 0 Å². The summed E-state index contributed by atoms with van der Waals surface area (Å²) in [6, 6.07) is 6.40. The zero-order valence-corrected chi connectivity index (χ0v) is 11.6. The Kier molecular flexibility index (Phi) is 3.33. The van der Waals surface area contributed by atoms with Crippen LogP contribution >= 0.6 is 11.3 Å². The molecule has 1 aliphatic rings. The molecule has 0 saturated carbocycles. The fourth-order valence-corrected chi connectivity index (χ4v) is 3.26. The van der Waals surface area contributed by atoms with Gasteiger partial charge < -0.3 is 10.1 Å². The molecule has 2 aromatic rings. The highest BCUT2D eigenvalue weighted by atomic mass is 32.1. The summed E-state index contributed by atoms with van der Waals surface area (Å²) in [5, 5.41) is 4.59. The third-order valence-electron chi connectivity index (χ3n) is 3.24. The molecule has 1 unspecified atom stereocenters. The number of nitrogens with zero attached hydrogens (tertiary/aromatic N) is 1. The van der Waals surface area contributed by atoms with Crippen LogP contribution in [0, 0.1) is 0 Å². The molecule has 96 valence electrons. The van der Waals surface area contributed by atoms with E-state index in [1.54, 1.807) is 11.3 Å². The molecule has 0 spiro atoms. The van der Waals surface area contributed by atoms with Crippen LogP contribution in [0.2, 0.25) is 0 Å². The molecule has 0 amide bonds. The highest BCUT2D eigenvalue weighted by Crippen LogP contribution is 2.32. The molecule has 1 fully saturated rings. The molecule has 3 rings (SSSR count). The van der Waals surface area contributed by atoms with E-state index in [1.165, 1.54) is 15.3 Å². The van der Waals surface area contributed by atoms with E-state index in [0.717, 1.165) is 25.2 Å². The van der Waals surface area contributed by atoms with E-state index in [0.29, 0.717) is 5.92 Å². The van der Waals surface area contributed by atoms with Gasteiger partial charge in [-0.1, -0.05) is 26.0 Å². The summed E-state index contributed by atoms with van der Waals surface area (Å²) in [4.78, 5) is 4.80. The fraction of sp³-hybridized carbons (Fsp3) is 0.500. The Hall–Kier alpha value is -0.970. The molecule has 1 saturated heterocycles. The van der Waals surface area contributed by atoms with Crippen LogP contribution in [0.25, 0.3) is 10.2 Å². The molecule has 0 aliphatic carbocycles. The van der Waals surface area contributed by atoms with Crippen molar-refractivity contribution < 1.29 is 4.74 Å². The molecule has 3 nitrogen and oxygen atoms in total. The van der Waals surface area contributed by atoms with Gasteiger partial charge in [0.1, 0.15) is 0 Å². The summed E-state index contributed by atoms with van der Waals surface area (Å²) in [5.74, 6) is 0.487. The van der Waals surface area contributed by atoms with E-state index in [4.69, 9.17) is 9.72 Å². The standard InChI is InChI=1S/C14H18N2OS/c1-9(2)14-16-13-10(4-3-5-12(13)18-14)11-8-15-6-7-17-11/h3-5,9,11,15H,6-8H2,1-2H3. The van der Waals surface area contributed by atoms with Crippen molar-refractivity contribution in [2.45, 2.75) is 25.9 Å². The number of aromatic nitrogens is 1. The van der Waals surface area contributed by atoms with Crippen LogP contribution < -0.4 is 5.32 Å². The third kappa shape index (κ3) is 2.16. The van der Waals surface area contributed by atoms with E-state index >= 15 is 0 Å². The van der Waals surface area contributed by atoms with Gasteiger partial charge in [0.25, 0.3) is 0 Å². The van der Waals surface area contributed by atoms with Crippen molar-refractivity contribution >= 4 is 21.6 Å². The molecule has 4 heteroatoms. The molecule has 1 atom stereocenters. The van der Waals surface area contributed by atoms with Crippen molar-refractivity contribution in [3.8, 4) is 0 Å². The summed E-state index contributed by atoms with van der Waals surface area (Å²) in [6.07, 6.45) is 0.143. The van der Waals surface area contributed by atoms with Gasteiger partial charge in [0, 0.05) is 24.6 Å². The van der Waals surface area contributed by atoms with Crippen LogP contribution in [0.4, 0.5) is 0 Å². The monoisotopic (exact) mass is 262 g/mol. The first-order valence-electron chi connectivity index (χ1n) is 6.47. The topological polar surface area (TPSA) is 34.2 Å². The minimum absolute atomic E-state index is 0.143. The quantitative estimate of drug-likeness (QED) is 0.903. The van der Waals surface area contributed by atoms with Gasteiger partial charge in [-0.2, -0.15) is 0 Å². The third-order valence-corrected chi connectivity index (χ3v) is 4.56. The van der Waals surface area contributed by atoms with Gasteiger partial charge in [-0.3, -0.25) is 0 Å². The Morgan fingerprint density at radius 1 is 1.44 bits per heavy atom. The minimum Gasteiger partial charge on any atom is -0.371 e. The second-order valence-corrected chi connectivity index (χ2v) is 6.03. The van der Waals surface area contributed by atoms with Crippen LogP contribution in [-0.2, 0) is 4.74 Å². The number of hydrogen-bond donors (Lipinski definition) is 1. The van der Waals surface area contributed by atoms with Crippen LogP contribution in [0.1, 0.15) is 36.4 Å². The van der Waals surface area contributed by atoms with Gasteiger partial charge in [0.2, 0.25) is 0 Å². The molecule has 18 heavy (non-hydrogen) atoms. The van der Waals surface area contributed by atoms with Crippen LogP contribution in [0.3, 0.4) is 0 Å². The first-order valence-corrected chi connectivity index (χ1v) is 7.29. The normalized spacial score (nSPS) is 20.7. The van der Waals surface area contributed by atoms with Crippen molar-refractivity contribution in [2.75, 3.05) is 19.7 Å². The highest BCUT2D eigenvalue weighted by Gasteiger charge is 2.20. The number of fused-ring (bicyclic) bond motifs is 1. The van der Waals surface area contributed by atoms with E-state index in [9.17, 15) is 0 Å². The summed E-state index contributed by atoms with van der Waals surface area (Å²) >= 11 is 1.80. The van der Waals surface area contributed by atoms with E-state index in [-0.39, 0.29) is 6.10 Å². The molecule has 1 aliphatic heterocycles. The lowest BCUT2D eigenvalue weighted by Gasteiger charge is -2.24. The van der Waals surface area contributed by atoms with Crippen LogP contribution in [0.5, 0.6) is 0 Å². The molecular formula is C14H18N2OS. The van der Waals surface area contributed by atoms with E-state index in [2.05, 4.69) is 37.4 Å². The molecule has 1 aromatic heterocycles. The Balaban J connectivity index is 2.05. The Bertz CT molecular complexity index is 544. The van der Waals surface area contributed by atoms with Crippen molar-refractivity contribution in [1.82, 2.24) is 10.3 Å². The summed E-state index contributed by atoms with van der Waals surface area (Å²) in [7, 11) is 0. The molecule has 0 bridgehead atoms. The molecule has 2 heterocycles. The van der Waals surface area contributed by atoms with Crippen molar-refractivity contribution in [3.63, 3.8) is 0 Å². The van der Waals surface area contributed by atoms with Crippen LogP contribution in [-0.4, -0.2) is 24.7 Å². The number of rotatable bonds is 2. The predicted octanol–water partition coefficient (Wildman–Crippen LogP) is 3.08. The Morgan fingerprint density at radius 2 is 2.33 bits per heavy atom. The SMILES string of the molecule is CC(C)c1nc2c(C3CNCCO3)cccc2s1. The average Bonchev–Trinajstić information content (AvgIpc) is 2.83. The smallest absolute Gasteiger partial charge is 0.0971 e. The minimum atomic E-state index is 0.143. The molecule has 0 radical (unpaired) electrons. The van der Waals surface area contributed by atoms with Gasteiger partial charge in [0.15, 0.2) is 0 Å². The first kappa shape index (κ1) is 12.1. The Labute approximate surface area is 111 Å². The van der Waals surface area contributed by atoms with E-state index in [1.807, 2.05) is 0 Å². The second-order valence-electron chi connectivity index (χ2n) is 4.96. The summed E-state index contributed by atoms with van der Waals surface area (Å²) in [5.41, 5.74) is 2.35. The lowest BCUT2D eigenvalue weighted by Crippen LogP contribution is -2.33. The average molecular weight is 262 g/mol. The van der Waals surface area contributed by atoms with Gasteiger partial charge in [0.05, 0.1) is 27.9 Å². The second kappa shape index (κ2) is 4.96. The van der Waals surface area contributed by atoms with E-state index < -0.39 is 0 Å². The van der Waals surface area contributed by atoms with Gasteiger partial charge >= 0.3 is 0 Å². The summed E-state index contributed by atoms with van der Waals surface area (Å²) in [6.45, 7) is 6.99. The lowest BCUT2D eigenvalue weighted by atomic mass is 10.1. The van der Waals surface area contributed by atoms with Crippen molar-refractivity contribution in [3.05, 3.63) is 28.8 Å². The molecular weight excluding hydrogens is 244 g/mol. The number of morpholine rings is 1. The number of hydrogen-bond acceptors (Lipinski definition) is 4. The number of nitrogens with one attached hydrogen (secondary N) is 1. The van der Waals surface area contributed by atoms with Gasteiger partial charge in [-0.05, 0) is 6.07 Å². The van der Waals surface area contributed by atoms with Gasteiger partial charge in [-0.15, -0.1) is 11.3 Å². The largest absolute Gasteiger partial charge is 0.371 e. The number of ether oxygens (including phenoxy) is 1. The zero-order chi connectivity index (χ0) is 12.5. The predicted molar refractivity (Wildman–Crippen MR) is 75.3 cm³/mol. The molecule has 1 aromatic carbocycles. The lowest BCUT2D eigenvalue weighted by molar-refractivity contribution is 0.0285. The number of benzene rings is 1. The maximum atomic E-state index is 5.84. The van der Waals surface area contributed by atoms with Crippen molar-refractivity contribution in [2.24, 2.45) is 0 Å². The highest BCUT2D eigenvalue weighted by molar-refractivity contribution is 7.18. The maximum Gasteiger partial charge on any atom is 0.0971 e. The Morgan fingerprint density at radius 3 is 3.06 bits per heavy atom. The fourth-order valence-electron chi connectivity index (χ4n) is 2.26. The number of para-hydroxylation sites is 1. The van der Waals surface area contributed by atoms with Gasteiger partial charge in [-0.25, -0.2) is 4.98 Å². The zero-order valence-electron chi connectivity index (χ0n) is 10.8. The maximum absolute atomic E-state index is 5.84. The first-order chi connectivity index (χ1) is 8.75.